The number of rotatable bonds is 7. The van der Waals surface area contributed by atoms with Gasteiger partial charge in [0.05, 0.1) is 11.4 Å². The Morgan fingerprint density at radius 2 is 1.93 bits per heavy atom. The third kappa shape index (κ3) is 9.08. The highest BCUT2D eigenvalue weighted by molar-refractivity contribution is 7.81. The number of aliphatic hydroxyl groups excluding tert-OH is 1. The second-order valence-electron chi connectivity index (χ2n) is 3.89. The van der Waals surface area contributed by atoms with Crippen LogP contribution in [-0.2, 0) is 4.79 Å². The molecule has 0 bridgehead atoms. The first-order chi connectivity index (χ1) is 6.93. The van der Waals surface area contributed by atoms with Gasteiger partial charge in [0.1, 0.15) is 0 Å². The molecule has 0 saturated carbocycles. The number of carbonyl (C=O) groups is 1. The van der Waals surface area contributed by atoms with E-state index in [2.05, 4.69) is 30.6 Å². The van der Waals surface area contributed by atoms with Crippen LogP contribution in [0.25, 0.3) is 0 Å². The zero-order valence-electron chi connectivity index (χ0n) is 9.31. The summed E-state index contributed by atoms with van der Waals surface area (Å²) in [5.74, 6) is -0.106. The SMILES string of the molecule is CC(O)CNC(=O)C(S)CCCC(C)S. The molecule has 5 heteroatoms. The minimum absolute atomic E-state index is 0.106. The maximum Gasteiger partial charge on any atom is 0.232 e. The zero-order chi connectivity index (χ0) is 11.8. The van der Waals surface area contributed by atoms with Crippen LogP contribution in [0.15, 0.2) is 0 Å². The molecule has 0 aliphatic carbocycles. The lowest BCUT2D eigenvalue weighted by molar-refractivity contribution is -0.121. The van der Waals surface area contributed by atoms with Crippen molar-refractivity contribution in [2.45, 2.75) is 49.7 Å². The number of thiol groups is 2. The Morgan fingerprint density at radius 3 is 2.40 bits per heavy atom. The van der Waals surface area contributed by atoms with Crippen molar-refractivity contribution in [3.8, 4) is 0 Å². The Kier molecular flexibility index (Phi) is 8.37. The number of amides is 1. The molecule has 0 aromatic rings. The predicted molar refractivity (Wildman–Crippen MR) is 69.8 cm³/mol. The third-order valence-corrected chi connectivity index (χ3v) is 2.72. The Bertz CT molecular complexity index is 186. The monoisotopic (exact) mass is 251 g/mol. The fourth-order valence-corrected chi connectivity index (χ4v) is 1.56. The highest BCUT2D eigenvalue weighted by Gasteiger charge is 2.13. The van der Waals surface area contributed by atoms with Crippen LogP contribution in [-0.4, -0.2) is 34.2 Å². The average molecular weight is 251 g/mol. The van der Waals surface area contributed by atoms with Gasteiger partial charge in [-0.15, -0.1) is 0 Å². The van der Waals surface area contributed by atoms with Crippen molar-refractivity contribution in [2.75, 3.05) is 6.54 Å². The van der Waals surface area contributed by atoms with Crippen molar-refractivity contribution in [3.63, 3.8) is 0 Å². The molecular weight excluding hydrogens is 230 g/mol. The fraction of sp³-hybridized carbons (Fsp3) is 0.900. The quantitative estimate of drug-likeness (QED) is 0.515. The van der Waals surface area contributed by atoms with Gasteiger partial charge in [-0.3, -0.25) is 4.79 Å². The largest absolute Gasteiger partial charge is 0.392 e. The van der Waals surface area contributed by atoms with E-state index in [1.807, 2.05) is 6.92 Å². The van der Waals surface area contributed by atoms with Crippen LogP contribution in [0.2, 0.25) is 0 Å². The Labute approximate surface area is 103 Å². The Hall–Kier alpha value is 0.130. The van der Waals surface area contributed by atoms with Crippen molar-refractivity contribution in [1.82, 2.24) is 5.32 Å². The summed E-state index contributed by atoms with van der Waals surface area (Å²) in [6, 6.07) is 0. The van der Waals surface area contributed by atoms with Crippen LogP contribution in [0, 0.1) is 0 Å². The lowest BCUT2D eigenvalue weighted by Crippen LogP contribution is -2.36. The summed E-state index contributed by atoms with van der Waals surface area (Å²) in [4.78, 5) is 11.4. The average Bonchev–Trinajstić information content (AvgIpc) is 2.13. The molecular formula is C10H21NO2S2. The topological polar surface area (TPSA) is 49.3 Å². The molecule has 1 amide bonds. The molecule has 15 heavy (non-hydrogen) atoms. The summed E-state index contributed by atoms with van der Waals surface area (Å²) in [7, 11) is 0. The first-order valence-corrected chi connectivity index (χ1v) is 6.28. The van der Waals surface area contributed by atoms with Gasteiger partial charge in [0.25, 0.3) is 0 Å². The third-order valence-electron chi connectivity index (χ3n) is 1.97. The van der Waals surface area contributed by atoms with Gasteiger partial charge < -0.3 is 10.4 Å². The molecule has 3 nitrogen and oxygen atoms in total. The standard InChI is InChI=1S/C10H21NO2S2/c1-7(12)6-11-10(13)9(15)5-3-4-8(2)14/h7-9,12,14-15H,3-6H2,1-2H3,(H,11,13). The summed E-state index contributed by atoms with van der Waals surface area (Å²) in [6.45, 7) is 3.96. The molecule has 0 rings (SSSR count). The van der Waals surface area contributed by atoms with E-state index in [0.717, 1.165) is 19.3 Å². The van der Waals surface area contributed by atoms with Gasteiger partial charge in [0, 0.05) is 6.54 Å². The predicted octanol–water partition coefficient (Wildman–Crippen LogP) is 1.27. The molecule has 3 atom stereocenters. The molecule has 0 heterocycles. The van der Waals surface area contributed by atoms with Crippen molar-refractivity contribution in [1.29, 1.82) is 0 Å². The Morgan fingerprint density at radius 1 is 1.33 bits per heavy atom. The summed E-state index contributed by atoms with van der Waals surface area (Å²) in [6.07, 6.45) is 2.18. The van der Waals surface area contributed by atoms with Crippen LogP contribution in [0.3, 0.4) is 0 Å². The van der Waals surface area contributed by atoms with Crippen LogP contribution in [0.4, 0.5) is 0 Å². The highest BCUT2D eigenvalue weighted by Crippen LogP contribution is 2.11. The maximum atomic E-state index is 11.4. The van der Waals surface area contributed by atoms with E-state index in [9.17, 15) is 4.79 Å². The summed E-state index contributed by atoms with van der Waals surface area (Å²) >= 11 is 8.47. The molecule has 0 fully saturated rings. The van der Waals surface area contributed by atoms with Gasteiger partial charge in [-0.25, -0.2) is 0 Å². The Balaban J connectivity index is 3.60. The lowest BCUT2D eigenvalue weighted by atomic mass is 10.1. The van der Waals surface area contributed by atoms with Crippen LogP contribution < -0.4 is 5.32 Å². The second kappa shape index (κ2) is 8.30. The van der Waals surface area contributed by atoms with E-state index in [1.165, 1.54) is 0 Å². The van der Waals surface area contributed by atoms with E-state index in [4.69, 9.17) is 5.11 Å². The van der Waals surface area contributed by atoms with Crippen molar-refractivity contribution >= 4 is 31.2 Å². The maximum absolute atomic E-state index is 11.4. The van der Waals surface area contributed by atoms with Gasteiger partial charge in [-0.05, 0) is 25.0 Å². The number of hydrogen-bond donors (Lipinski definition) is 4. The van der Waals surface area contributed by atoms with Crippen molar-refractivity contribution in [3.05, 3.63) is 0 Å². The molecule has 2 N–H and O–H groups in total. The van der Waals surface area contributed by atoms with Crippen LogP contribution in [0.5, 0.6) is 0 Å². The second-order valence-corrected chi connectivity index (χ2v) is 5.39. The van der Waals surface area contributed by atoms with Crippen molar-refractivity contribution in [2.24, 2.45) is 0 Å². The molecule has 0 saturated heterocycles. The van der Waals surface area contributed by atoms with E-state index in [1.54, 1.807) is 6.92 Å². The van der Waals surface area contributed by atoms with Gasteiger partial charge in [-0.1, -0.05) is 13.3 Å². The van der Waals surface area contributed by atoms with E-state index in [0.29, 0.717) is 11.8 Å². The molecule has 0 radical (unpaired) electrons. The minimum Gasteiger partial charge on any atom is -0.392 e. The summed E-state index contributed by atoms with van der Waals surface area (Å²) in [5.41, 5.74) is 0. The number of nitrogens with one attached hydrogen (secondary N) is 1. The molecule has 90 valence electrons. The molecule has 3 unspecified atom stereocenters. The van der Waals surface area contributed by atoms with Gasteiger partial charge in [0.15, 0.2) is 0 Å². The van der Waals surface area contributed by atoms with E-state index >= 15 is 0 Å². The first-order valence-electron chi connectivity index (χ1n) is 5.25. The molecule has 0 aromatic carbocycles. The van der Waals surface area contributed by atoms with Gasteiger partial charge in [-0.2, -0.15) is 25.3 Å². The smallest absolute Gasteiger partial charge is 0.232 e. The van der Waals surface area contributed by atoms with Crippen LogP contribution in [0.1, 0.15) is 33.1 Å². The fourth-order valence-electron chi connectivity index (χ4n) is 1.10. The summed E-state index contributed by atoms with van der Waals surface area (Å²) in [5, 5.41) is 11.7. The number of carbonyl (C=O) groups excluding carboxylic acids is 1. The summed E-state index contributed by atoms with van der Waals surface area (Å²) < 4.78 is 0. The zero-order valence-corrected chi connectivity index (χ0v) is 11.1. The van der Waals surface area contributed by atoms with Crippen molar-refractivity contribution < 1.29 is 9.90 Å². The lowest BCUT2D eigenvalue weighted by Gasteiger charge is -2.12. The number of aliphatic hydroxyl groups is 1. The number of hydrogen-bond acceptors (Lipinski definition) is 4. The minimum atomic E-state index is -0.507. The normalized spacial score (nSPS) is 16.9. The molecule has 0 aliphatic heterocycles. The van der Waals surface area contributed by atoms with Crippen LogP contribution >= 0.6 is 25.3 Å². The van der Waals surface area contributed by atoms with Gasteiger partial charge in [0.2, 0.25) is 5.91 Å². The van der Waals surface area contributed by atoms with Gasteiger partial charge >= 0.3 is 0 Å². The highest BCUT2D eigenvalue weighted by atomic mass is 32.1. The van der Waals surface area contributed by atoms with E-state index < -0.39 is 6.10 Å². The molecule has 0 spiro atoms. The molecule has 0 aliphatic rings. The first kappa shape index (κ1) is 15.1. The van der Waals surface area contributed by atoms with E-state index in [-0.39, 0.29) is 11.2 Å². The molecule has 0 aromatic heterocycles.